The third-order valence-electron chi connectivity index (χ3n) is 5.85. The van der Waals surface area contributed by atoms with Crippen molar-refractivity contribution in [2.75, 3.05) is 18.1 Å². The molecule has 27 heavy (non-hydrogen) atoms. The van der Waals surface area contributed by atoms with Crippen molar-refractivity contribution in [2.24, 2.45) is 5.41 Å². The Labute approximate surface area is 172 Å². The van der Waals surface area contributed by atoms with Crippen molar-refractivity contribution in [1.29, 1.82) is 0 Å². The summed E-state index contributed by atoms with van der Waals surface area (Å²) in [5.74, 6) is 3.49. The summed E-state index contributed by atoms with van der Waals surface area (Å²) in [7, 11) is 0. The Kier molecular flexibility index (Phi) is 5.05. The van der Waals surface area contributed by atoms with E-state index in [1.54, 1.807) is 0 Å². The summed E-state index contributed by atoms with van der Waals surface area (Å²) < 4.78 is 5.95. The number of hydrogen-bond donors (Lipinski definition) is 0. The zero-order valence-electron chi connectivity index (χ0n) is 16.9. The van der Waals surface area contributed by atoms with Gasteiger partial charge in [0.1, 0.15) is 9.83 Å². The summed E-state index contributed by atoms with van der Waals surface area (Å²) >= 11 is 4.20. The third-order valence-corrected chi connectivity index (χ3v) is 9.30. The quantitative estimate of drug-likeness (QED) is 0.539. The van der Waals surface area contributed by atoms with E-state index in [1.165, 1.54) is 34.6 Å². The SMILES string of the molecule is CC1(C)C=CC=C(C2(c3ccc4c(c3)C(C)(C)CCO4)SCCCS2)C=C1. The summed E-state index contributed by atoms with van der Waals surface area (Å²) in [5, 5.41) is 0. The number of hydrogen-bond acceptors (Lipinski definition) is 3. The fourth-order valence-electron chi connectivity index (χ4n) is 4.01. The molecule has 1 aromatic rings. The van der Waals surface area contributed by atoms with Crippen LogP contribution >= 0.6 is 23.5 Å². The fraction of sp³-hybridized carbons (Fsp3) is 0.500. The van der Waals surface area contributed by atoms with Crippen LogP contribution in [-0.4, -0.2) is 18.1 Å². The molecule has 0 unspecified atom stereocenters. The highest BCUT2D eigenvalue weighted by molar-refractivity contribution is 8.18. The first kappa shape index (κ1) is 19.3. The lowest BCUT2D eigenvalue weighted by atomic mass is 9.79. The standard InChI is InChI=1S/C24H30OS2/c1-22(2)11-5-7-18(10-12-22)24(26-15-6-16-27-24)19-8-9-21-20(17-19)23(3,4)13-14-25-21/h5,7-12,17H,6,13-16H2,1-4H3. The summed E-state index contributed by atoms with van der Waals surface area (Å²) in [6, 6.07) is 6.96. The molecule has 3 aliphatic rings. The summed E-state index contributed by atoms with van der Waals surface area (Å²) in [5.41, 5.74) is 4.47. The molecule has 4 rings (SSSR count). The highest BCUT2D eigenvalue weighted by atomic mass is 32.2. The Morgan fingerprint density at radius 3 is 2.56 bits per heavy atom. The minimum absolute atomic E-state index is 0.0257. The van der Waals surface area contributed by atoms with E-state index in [1.807, 2.05) is 0 Å². The van der Waals surface area contributed by atoms with E-state index in [4.69, 9.17) is 4.74 Å². The van der Waals surface area contributed by atoms with Crippen LogP contribution < -0.4 is 4.74 Å². The van der Waals surface area contributed by atoms with E-state index in [9.17, 15) is 0 Å². The zero-order valence-corrected chi connectivity index (χ0v) is 18.5. The van der Waals surface area contributed by atoms with Gasteiger partial charge >= 0.3 is 0 Å². The van der Waals surface area contributed by atoms with Crippen LogP contribution in [0, 0.1) is 5.41 Å². The molecular formula is C24H30OS2. The van der Waals surface area contributed by atoms with Crippen LogP contribution in [-0.2, 0) is 9.49 Å². The van der Waals surface area contributed by atoms with Gasteiger partial charge in [0.25, 0.3) is 0 Å². The van der Waals surface area contributed by atoms with E-state index in [-0.39, 0.29) is 14.9 Å². The molecule has 0 saturated carbocycles. The smallest absolute Gasteiger partial charge is 0.123 e. The van der Waals surface area contributed by atoms with Gasteiger partial charge in [-0.15, -0.1) is 23.5 Å². The van der Waals surface area contributed by atoms with Gasteiger partial charge in [-0.05, 0) is 53.0 Å². The van der Waals surface area contributed by atoms with E-state index in [0.29, 0.717) is 0 Å². The Morgan fingerprint density at radius 2 is 1.78 bits per heavy atom. The van der Waals surface area contributed by atoms with E-state index >= 15 is 0 Å². The Bertz CT molecular complexity index is 808. The largest absolute Gasteiger partial charge is 0.493 e. The normalized spacial score (nSPS) is 25.1. The second-order valence-electron chi connectivity index (χ2n) is 9.00. The molecule has 0 amide bonds. The van der Waals surface area contributed by atoms with Gasteiger partial charge < -0.3 is 4.74 Å². The highest BCUT2D eigenvalue weighted by Crippen LogP contribution is 2.57. The molecule has 1 aliphatic carbocycles. The molecule has 2 heterocycles. The van der Waals surface area contributed by atoms with Gasteiger partial charge in [-0.25, -0.2) is 0 Å². The van der Waals surface area contributed by atoms with Crippen molar-refractivity contribution in [3.63, 3.8) is 0 Å². The Morgan fingerprint density at radius 1 is 1.00 bits per heavy atom. The van der Waals surface area contributed by atoms with E-state index in [2.05, 4.69) is 99.8 Å². The second kappa shape index (κ2) is 7.08. The maximum absolute atomic E-state index is 5.97. The number of benzene rings is 1. The number of ether oxygens (including phenoxy) is 1. The lowest BCUT2D eigenvalue weighted by Gasteiger charge is -2.40. The first-order chi connectivity index (χ1) is 12.8. The Hall–Kier alpha value is -1.06. The van der Waals surface area contributed by atoms with Crippen LogP contribution in [0.1, 0.15) is 51.7 Å². The van der Waals surface area contributed by atoms with Crippen LogP contribution in [0.4, 0.5) is 0 Å². The van der Waals surface area contributed by atoms with Crippen molar-refractivity contribution in [3.05, 3.63) is 65.3 Å². The monoisotopic (exact) mass is 398 g/mol. The van der Waals surface area contributed by atoms with Crippen molar-refractivity contribution in [3.8, 4) is 5.75 Å². The lowest BCUT2D eigenvalue weighted by molar-refractivity contribution is 0.234. The van der Waals surface area contributed by atoms with Crippen molar-refractivity contribution >= 4 is 23.5 Å². The van der Waals surface area contributed by atoms with Gasteiger partial charge in [-0.3, -0.25) is 0 Å². The lowest BCUT2D eigenvalue weighted by Crippen LogP contribution is -2.29. The maximum Gasteiger partial charge on any atom is 0.123 e. The minimum Gasteiger partial charge on any atom is -0.493 e. The van der Waals surface area contributed by atoms with Crippen molar-refractivity contribution < 1.29 is 4.74 Å². The predicted octanol–water partition coefficient (Wildman–Crippen LogP) is 6.85. The van der Waals surface area contributed by atoms with Crippen LogP contribution in [0.15, 0.2) is 54.2 Å². The fourth-order valence-corrected chi connectivity index (χ4v) is 7.37. The molecule has 1 nitrogen and oxygen atoms in total. The highest BCUT2D eigenvalue weighted by Gasteiger charge is 2.40. The third kappa shape index (κ3) is 3.65. The van der Waals surface area contributed by atoms with Crippen LogP contribution in [0.3, 0.4) is 0 Å². The maximum atomic E-state index is 5.97. The molecule has 0 spiro atoms. The molecule has 1 saturated heterocycles. The molecule has 1 aromatic carbocycles. The molecule has 0 aromatic heterocycles. The van der Waals surface area contributed by atoms with Gasteiger partial charge in [0.15, 0.2) is 0 Å². The molecule has 0 N–H and O–H groups in total. The topological polar surface area (TPSA) is 9.23 Å². The second-order valence-corrected chi connectivity index (χ2v) is 11.9. The molecule has 0 atom stereocenters. The number of allylic oxidation sites excluding steroid dienone is 5. The molecule has 2 aliphatic heterocycles. The Balaban J connectivity index is 1.82. The number of rotatable bonds is 2. The minimum atomic E-state index is -0.0257. The van der Waals surface area contributed by atoms with Crippen LogP contribution in [0.25, 0.3) is 0 Å². The molecule has 0 bridgehead atoms. The van der Waals surface area contributed by atoms with Gasteiger partial charge in [0, 0.05) is 11.0 Å². The summed E-state index contributed by atoms with van der Waals surface area (Å²) in [4.78, 5) is 0. The molecule has 1 fully saturated rings. The zero-order chi connectivity index (χ0) is 19.1. The average molecular weight is 399 g/mol. The van der Waals surface area contributed by atoms with E-state index in [0.717, 1.165) is 18.8 Å². The van der Waals surface area contributed by atoms with Crippen LogP contribution in [0.5, 0.6) is 5.75 Å². The average Bonchev–Trinajstić information content (AvgIpc) is 2.83. The van der Waals surface area contributed by atoms with Gasteiger partial charge in [-0.2, -0.15) is 0 Å². The predicted molar refractivity (Wildman–Crippen MR) is 121 cm³/mol. The first-order valence-corrected chi connectivity index (χ1v) is 11.9. The van der Waals surface area contributed by atoms with Gasteiger partial charge in [0.2, 0.25) is 0 Å². The molecule has 144 valence electrons. The molecular weight excluding hydrogens is 368 g/mol. The van der Waals surface area contributed by atoms with Gasteiger partial charge in [0.05, 0.1) is 6.61 Å². The van der Waals surface area contributed by atoms with Gasteiger partial charge in [-0.1, -0.05) is 64.1 Å². The van der Waals surface area contributed by atoms with Crippen LogP contribution in [0.2, 0.25) is 0 Å². The molecule has 3 heteroatoms. The van der Waals surface area contributed by atoms with Crippen molar-refractivity contribution in [2.45, 2.75) is 50.0 Å². The number of fused-ring (bicyclic) bond motifs is 1. The summed E-state index contributed by atoms with van der Waals surface area (Å²) in [6.45, 7) is 10.1. The summed E-state index contributed by atoms with van der Waals surface area (Å²) in [6.07, 6.45) is 14.0. The number of thioether (sulfide) groups is 2. The first-order valence-electron chi connectivity index (χ1n) is 9.97. The molecule has 0 radical (unpaired) electrons. The van der Waals surface area contributed by atoms with E-state index < -0.39 is 0 Å². The van der Waals surface area contributed by atoms with Crippen molar-refractivity contribution in [1.82, 2.24) is 0 Å².